The van der Waals surface area contributed by atoms with Crippen molar-refractivity contribution in [3.8, 4) is 0 Å². The maximum Gasteiger partial charge on any atom is 0.359 e. The molecule has 0 aliphatic rings. The van der Waals surface area contributed by atoms with Crippen molar-refractivity contribution in [2.45, 2.75) is 6.43 Å². The molecular weight excluding hydrogens is 235 g/mol. The molecule has 82 valence electrons. The van der Waals surface area contributed by atoms with Gasteiger partial charge in [-0.3, -0.25) is 0 Å². The molecule has 0 N–H and O–H groups in total. The smallest absolute Gasteiger partial charge is 0.359 e. The molecule has 0 amide bonds. The average molecular weight is 240 g/mol. The molecule has 1 rings (SSSR count). The van der Waals surface area contributed by atoms with Crippen molar-refractivity contribution in [1.82, 2.24) is 4.98 Å². The standard InChI is InChI=1S/C8H5ClF3NO2/c1-15-8(14)6-5(10)4(9)3(2-13-6)7(11)12/h2,7H,1H3. The van der Waals surface area contributed by atoms with Crippen LogP contribution < -0.4 is 0 Å². The molecule has 0 bridgehead atoms. The Kier molecular flexibility index (Phi) is 3.52. The Morgan fingerprint density at radius 1 is 1.60 bits per heavy atom. The summed E-state index contributed by atoms with van der Waals surface area (Å²) in [6.45, 7) is 0. The molecule has 0 aliphatic heterocycles. The molecule has 0 atom stereocenters. The highest BCUT2D eigenvalue weighted by atomic mass is 35.5. The van der Waals surface area contributed by atoms with Crippen LogP contribution in [-0.2, 0) is 4.74 Å². The Morgan fingerprint density at radius 2 is 2.20 bits per heavy atom. The van der Waals surface area contributed by atoms with E-state index in [-0.39, 0.29) is 0 Å². The summed E-state index contributed by atoms with van der Waals surface area (Å²) in [5, 5.41) is -0.819. The minimum atomic E-state index is -2.95. The second kappa shape index (κ2) is 4.48. The Morgan fingerprint density at radius 3 is 2.67 bits per heavy atom. The molecular formula is C8H5ClF3NO2. The number of methoxy groups -OCH3 is 1. The third-order valence-electron chi connectivity index (χ3n) is 1.60. The van der Waals surface area contributed by atoms with E-state index in [1.54, 1.807) is 0 Å². The van der Waals surface area contributed by atoms with Crippen molar-refractivity contribution >= 4 is 17.6 Å². The maximum atomic E-state index is 13.2. The number of hydrogen-bond acceptors (Lipinski definition) is 3. The molecule has 0 fully saturated rings. The van der Waals surface area contributed by atoms with Crippen LogP contribution in [0.2, 0.25) is 5.02 Å². The molecule has 1 aromatic heterocycles. The van der Waals surface area contributed by atoms with Crippen LogP contribution in [0.25, 0.3) is 0 Å². The molecule has 0 aromatic carbocycles. The lowest BCUT2D eigenvalue weighted by Gasteiger charge is -2.06. The number of halogens is 4. The largest absolute Gasteiger partial charge is 0.464 e. The molecule has 3 nitrogen and oxygen atoms in total. The molecule has 0 radical (unpaired) electrons. The summed E-state index contributed by atoms with van der Waals surface area (Å²) in [6, 6.07) is 0. The van der Waals surface area contributed by atoms with E-state index in [4.69, 9.17) is 11.6 Å². The highest BCUT2D eigenvalue weighted by Gasteiger charge is 2.23. The van der Waals surface area contributed by atoms with E-state index in [1.807, 2.05) is 0 Å². The molecule has 0 unspecified atom stereocenters. The number of alkyl halides is 2. The number of aromatic nitrogens is 1. The third kappa shape index (κ3) is 2.20. The molecule has 1 aromatic rings. The van der Waals surface area contributed by atoms with Crippen molar-refractivity contribution < 1.29 is 22.7 Å². The van der Waals surface area contributed by atoms with Crippen LogP contribution >= 0.6 is 11.6 Å². The van der Waals surface area contributed by atoms with Crippen molar-refractivity contribution in [3.63, 3.8) is 0 Å². The van der Waals surface area contributed by atoms with Gasteiger partial charge >= 0.3 is 5.97 Å². The van der Waals surface area contributed by atoms with Gasteiger partial charge in [0.05, 0.1) is 17.7 Å². The number of pyridine rings is 1. The minimum absolute atomic E-state index is 0.641. The van der Waals surface area contributed by atoms with Crippen LogP contribution in [0.1, 0.15) is 22.5 Å². The predicted octanol–water partition coefficient (Wildman–Crippen LogP) is 2.60. The first-order valence-electron chi connectivity index (χ1n) is 3.69. The van der Waals surface area contributed by atoms with Gasteiger partial charge < -0.3 is 4.74 Å². The van der Waals surface area contributed by atoms with E-state index in [0.29, 0.717) is 6.20 Å². The lowest BCUT2D eigenvalue weighted by Crippen LogP contribution is -2.09. The zero-order valence-electron chi connectivity index (χ0n) is 7.43. The minimum Gasteiger partial charge on any atom is -0.464 e. The Bertz CT molecular complexity index is 398. The number of esters is 1. The second-order valence-corrected chi connectivity index (χ2v) is 2.86. The first-order chi connectivity index (χ1) is 6.99. The third-order valence-corrected chi connectivity index (χ3v) is 1.98. The van der Waals surface area contributed by atoms with Gasteiger partial charge in [0, 0.05) is 6.20 Å². The summed E-state index contributed by atoms with van der Waals surface area (Å²) in [5.41, 5.74) is -1.48. The highest BCUT2D eigenvalue weighted by Crippen LogP contribution is 2.29. The second-order valence-electron chi connectivity index (χ2n) is 2.48. The molecule has 0 saturated carbocycles. The van der Waals surface area contributed by atoms with E-state index >= 15 is 0 Å². The number of carbonyl (C=O) groups is 1. The zero-order valence-corrected chi connectivity index (χ0v) is 8.19. The summed E-state index contributed by atoms with van der Waals surface area (Å²) in [4.78, 5) is 14.1. The quantitative estimate of drug-likeness (QED) is 0.745. The lowest BCUT2D eigenvalue weighted by atomic mass is 10.2. The Balaban J connectivity index is 3.27. The zero-order chi connectivity index (χ0) is 11.6. The number of hydrogen-bond donors (Lipinski definition) is 0. The van der Waals surface area contributed by atoms with E-state index in [2.05, 4.69) is 9.72 Å². The fourth-order valence-corrected chi connectivity index (χ4v) is 1.09. The van der Waals surface area contributed by atoms with Gasteiger partial charge in [0.1, 0.15) is 0 Å². The highest BCUT2D eigenvalue weighted by molar-refractivity contribution is 6.31. The van der Waals surface area contributed by atoms with Crippen LogP contribution in [0, 0.1) is 5.82 Å². The van der Waals surface area contributed by atoms with Crippen LogP contribution in [0.15, 0.2) is 6.20 Å². The summed E-state index contributed by atoms with van der Waals surface area (Å²) < 4.78 is 41.8. The van der Waals surface area contributed by atoms with Gasteiger partial charge in [-0.15, -0.1) is 0 Å². The van der Waals surface area contributed by atoms with Crippen LogP contribution in [0.3, 0.4) is 0 Å². The fraction of sp³-hybridized carbons (Fsp3) is 0.250. The van der Waals surface area contributed by atoms with Gasteiger partial charge in [0.15, 0.2) is 11.5 Å². The number of rotatable bonds is 2. The van der Waals surface area contributed by atoms with Gasteiger partial charge in [-0.25, -0.2) is 22.9 Å². The Hall–Kier alpha value is -1.30. The summed E-state index contributed by atoms with van der Waals surface area (Å²) >= 11 is 5.29. The van der Waals surface area contributed by atoms with E-state index < -0.39 is 34.5 Å². The van der Waals surface area contributed by atoms with E-state index in [0.717, 1.165) is 7.11 Å². The number of nitrogens with zero attached hydrogens (tertiary/aromatic N) is 1. The van der Waals surface area contributed by atoms with Gasteiger partial charge in [-0.05, 0) is 0 Å². The monoisotopic (exact) mass is 239 g/mol. The maximum absolute atomic E-state index is 13.2. The van der Waals surface area contributed by atoms with Crippen LogP contribution in [0.4, 0.5) is 13.2 Å². The van der Waals surface area contributed by atoms with Gasteiger partial charge in [-0.1, -0.05) is 11.6 Å². The van der Waals surface area contributed by atoms with Gasteiger partial charge in [0.25, 0.3) is 6.43 Å². The fourth-order valence-electron chi connectivity index (χ4n) is 0.869. The Labute approximate surface area is 87.8 Å². The summed E-state index contributed by atoms with van der Waals surface area (Å²) in [7, 11) is 1.01. The van der Waals surface area contributed by atoms with Gasteiger partial charge in [0.2, 0.25) is 0 Å². The first kappa shape index (κ1) is 11.8. The topological polar surface area (TPSA) is 39.2 Å². The number of ether oxygens (including phenoxy) is 1. The molecule has 1 heterocycles. The van der Waals surface area contributed by atoms with Gasteiger partial charge in [-0.2, -0.15) is 0 Å². The molecule has 15 heavy (non-hydrogen) atoms. The predicted molar refractivity (Wildman–Crippen MR) is 45.5 cm³/mol. The molecule has 0 spiro atoms. The first-order valence-corrected chi connectivity index (χ1v) is 4.07. The van der Waals surface area contributed by atoms with Crippen molar-refractivity contribution in [3.05, 3.63) is 28.3 Å². The average Bonchev–Trinajstić information content (AvgIpc) is 2.20. The van der Waals surface area contributed by atoms with E-state index in [9.17, 15) is 18.0 Å². The van der Waals surface area contributed by atoms with E-state index in [1.165, 1.54) is 0 Å². The van der Waals surface area contributed by atoms with Crippen molar-refractivity contribution in [1.29, 1.82) is 0 Å². The van der Waals surface area contributed by atoms with Crippen molar-refractivity contribution in [2.24, 2.45) is 0 Å². The normalized spacial score (nSPS) is 10.5. The molecule has 0 aliphatic carbocycles. The summed E-state index contributed by atoms with van der Waals surface area (Å²) in [6.07, 6.45) is -2.31. The SMILES string of the molecule is COC(=O)c1ncc(C(F)F)c(Cl)c1F. The summed E-state index contributed by atoms with van der Waals surface area (Å²) in [5.74, 6) is -2.38. The van der Waals surface area contributed by atoms with Crippen LogP contribution in [-0.4, -0.2) is 18.1 Å². The molecule has 7 heteroatoms. The lowest BCUT2D eigenvalue weighted by molar-refractivity contribution is 0.0587. The van der Waals surface area contributed by atoms with Crippen LogP contribution in [0.5, 0.6) is 0 Å². The van der Waals surface area contributed by atoms with Crippen molar-refractivity contribution in [2.75, 3.05) is 7.11 Å². The number of carbonyl (C=O) groups excluding carboxylic acids is 1. The molecule has 0 saturated heterocycles.